The van der Waals surface area contributed by atoms with Crippen LogP contribution in [-0.2, 0) is 15.8 Å². The lowest BCUT2D eigenvalue weighted by molar-refractivity contribution is -0.116. The van der Waals surface area contributed by atoms with Crippen LogP contribution in [0.1, 0.15) is 12.5 Å². The third-order valence-corrected chi connectivity index (χ3v) is 4.53. The Kier molecular flexibility index (Phi) is 4.94. The van der Waals surface area contributed by atoms with Gasteiger partial charge in [-0.15, -0.1) is 0 Å². The van der Waals surface area contributed by atoms with Gasteiger partial charge in [-0.2, -0.15) is 0 Å². The zero-order valence-electron chi connectivity index (χ0n) is 11.7. The Morgan fingerprint density at radius 3 is 2.29 bits per heavy atom. The number of benzene rings is 2. The van der Waals surface area contributed by atoms with Crippen molar-refractivity contribution >= 4 is 18.5 Å². The highest BCUT2D eigenvalue weighted by atomic mass is 31.2. The van der Waals surface area contributed by atoms with Gasteiger partial charge in [0.1, 0.15) is 11.5 Å². The fourth-order valence-corrected chi connectivity index (χ4v) is 2.98. The average Bonchev–Trinajstić information content (AvgIpc) is 2.46. The average molecular weight is 304 g/mol. The molecule has 0 fully saturated rings. The SMILES string of the molecule is CC(=O)Cc1ccc(P(=O)(O)COc2ccccc2)cc1. The standard InChI is InChI=1S/C16H17O4P/c1-13(17)11-14-7-9-16(10-8-14)21(18,19)12-20-15-5-3-2-4-6-15/h2-10H,11-12H2,1H3,(H,18,19). The van der Waals surface area contributed by atoms with Crippen LogP contribution >= 0.6 is 7.37 Å². The Hall–Kier alpha value is -1.90. The highest BCUT2D eigenvalue weighted by Crippen LogP contribution is 2.39. The first-order chi connectivity index (χ1) is 9.97. The predicted molar refractivity (Wildman–Crippen MR) is 82.2 cm³/mol. The van der Waals surface area contributed by atoms with Crippen LogP contribution in [0.5, 0.6) is 5.75 Å². The van der Waals surface area contributed by atoms with Crippen LogP contribution in [-0.4, -0.2) is 17.0 Å². The van der Waals surface area contributed by atoms with Gasteiger partial charge in [-0.3, -0.25) is 9.36 Å². The Balaban J connectivity index is 2.05. The molecule has 1 N–H and O–H groups in total. The molecule has 0 bridgehead atoms. The van der Waals surface area contributed by atoms with Gasteiger partial charge in [0.25, 0.3) is 7.37 Å². The smallest absolute Gasteiger partial charge is 0.265 e. The number of para-hydroxylation sites is 1. The Morgan fingerprint density at radius 1 is 1.10 bits per heavy atom. The first-order valence-corrected chi connectivity index (χ1v) is 8.40. The number of ether oxygens (including phenoxy) is 1. The van der Waals surface area contributed by atoms with Gasteiger partial charge in [0.05, 0.1) is 0 Å². The van der Waals surface area contributed by atoms with Gasteiger partial charge in [-0.05, 0) is 36.8 Å². The number of ketones is 1. The highest BCUT2D eigenvalue weighted by molar-refractivity contribution is 7.65. The largest absolute Gasteiger partial charge is 0.483 e. The minimum atomic E-state index is -3.57. The lowest BCUT2D eigenvalue weighted by Gasteiger charge is -2.13. The second-order valence-corrected chi connectivity index (χ2v) is 7.01. The maximum absolute atomic E-state index is 12.3. The van der Waals surface area contributed by atoms with E-state index < -0.39 is 7.37 Å². The van der Waals surface area contributed by atoms with E-state index >= 15 is 0 Å². The molecule has 0 amide bonds. The first-order valence-electron chi connectivity index (χ1n) is 6.56. The van der Waals surface area contributed by atoms with E-state index in [0.29, 0.717) is 17.5 Å². The lowest BCUT2D eigenvalue weighted by atomic mass is 10.1. The quantitative estimate of drug-likeness (QED) is 0.834. The highest BCUT2D eigenvalue weighted by Gasteiger charge is 2.22. The normalized spacial score (nSPS) is 13.4. The molecule has 0 aromatic heterocycles. The second-order valence-electron chi connectivity index (χ2n) is 4.83. The Bertz CT molecular complexity index is 650. The van der Waals surface area contributed by atoms with Crippen molar-refractivity contribution in [2.75, 3.05) is 6.35 Å². The van der Waals surface area contributed by atoms with E-state index in [9.17, 15) is 14.3 Å². The molecule has 0 aliphatic heterocycles. The predicted octanol–water partition coefficient (Wildman–Crippen LogP) is 2.75. The zero-order chi connectivity index (χ0) is 15.3. The van der Waals surface area contributed by atoms with Crippen molar-refractivity contribution in [2.45, 2.75) is 13.3 Å². The molecule has 0 radical (unpaired) electrons. The van der Waals surface area contributed by atoms with Crippen LogP contribution in [0, 0.1) is 0 Å². The molecule has 2 aromatic rings. The van der Waals surface area contributed by atoms with Gasteiger partial charge in [0.2, 0.25) is 0 Å². The topological polar surface area (TPSA) is 63.6 Å². The van der Waals surface area contributed by atoms with E-state index in [0.717, 1.165) is 5.56 Å². The molecule has 21 heavy (non-hydrogen) atoms. The summed E-state index contributed by atoms with van der Waals surface area (Å²) in [6.07, 6.45) is 0.0552. The van der Waals surface area contributed by atoms with Crippen molar-refractivity contribution in [2.24, 2.45) is 0 Å². The summed E-state index contributed by atoms with van der Waals surface area (Å²) >= 11 is 0. The summed E-state index contributed by atoms with van der Waals surface area (Å²) in [5.74, 6) is 0.613. The fourth-order valence-electron chi connectivity index (χ4n) is 1.89. The van der Waals surface area contributed by atoms with Crippen LogP contribution in [0.15, 0.2) is 54.6 Å². The van der Waals surface area contributed by atoms with E-state index in [1.807, 2.05) is 6.07 Å². The number of Topliss-reactive ketones (excluding diaryl/α,β-unsaturated/α-hetero) is 1. The third kappa shape index (κ3) is 4.55. The molecular formula is C16H17O4P. The summed E-state index contributed by atoms with van der Waals surface area (Å²) in [5.41, 5.74) is 0.829. The summed E-state index contributed by atoms with van der Waals surface area (Å²) in [5, 5.41) is 0.325. The van der Waals surface area contributed by atoms with Crippen molar-refractivity contribution in [1.29, 1.82) is 0 Å². The molecule has 4 nitrogen and oxygen atoms in total. The first kappa shape index (κ1) is 15.5. The van der Waals surface area contributed by atoms with E-state index in [-0.39, 0.29) is 12.1 Å². The summed E-state index contributed by atoms with van der Waals surface area (Å²) in [4.78, 5) is 21.1. The minimum absolute atomic E-state index is 0.0577. The number of rotatable bonds is 6. The second kappa shape index (κ2) is 6.70. The van der Waals surface area contributed by atoms with Crippen LogP contribution in [0.25, 0.3) is 0 Å². The fraction of sp³-hybridized carbons (Fsp3) is 0.188. The van der Waals surface area contributed by atoms with Gasteiger partial charge in [0, 0.05) is 11.7 Å². The Morgan fingerprint density at radius 2 is 1.71 bits per heavy atom. The zero-order valence-corrected chi connectivity index (χ0v) is 12.6. The van der Waals surface area contributed by atoms with Crippen LogP contribution in [0.3, 0.4) is 0 Å². The maximum Gasteiger partial charge on any atom is 0.265 e. The molecule has 0 spiro atoms. The summed E-state index contributed by atoms with van der Waals surface area (Å²) in [6, 6.07) is 15.5. The van der Waals surface area contributed by atoms with Crippen molar-refractivity contribution in [1.82, 2.24) is 0 Å². The van der Waals surface area contributed by atoms with Gasteiger partial charge in [-0.1, -0.05) is 30.3 Å². The molecule has 0 aliphatic carbocycles. The number of carbonyl (C=O) groups excluding carboxylic acids is 1. The molecule has 1 atom stereocenters. The number of hydrogen-bond donors (Lipinski definition) is 1. The molecule has 0 saturated heterocycles. The molecule has 5 heteroatoms. The summed E-state index contributed by atoms with van der Waals surface area (Å²) in [7, 11) is -3.57. The monoisotopic (exact) mass is 304 g/mol. The summed E-state index contributed by atoms with van der Waals surface area (Å²) < 4.78 is 17.6. The molecule has 1 unspecified atom stereocenters. The van der Waals surface area contributed by atoms with Crippen molar-refractivity contribution in [3.8, 4) is 5.75 Å². The Labute approximate surface area is 123 Å². The van der Waals surface area contributed by atoms with E-state index in [2.05, 4.69) is 0 Å². The number of carbonyl (C=O) groups is 1. The van der Waals surface area contributed by atoms with Crippen molar-refractivity contribution in [3.05, 3.63) is 60.2 Å². The van der Waals surface area contributed by atoms with Gasteiger partial charge in [-0.25, -0.2) is 0 Å². The molecule has 2 aromatic carbocycles. The van der Waals surface area contributed by atoms with E-state index in [1.54, 1.807) is 48.5 Å². The van der Waals surface area contributed by atoms with Crippen LogP contribution in [0.4, 0.5) is 0 Å². The molecule has 0 heterocycles. The minimum Gasteiger partial charge on any atom is -0.483 e. The van der Waals surface area contributed by atoms with Crippen molar-refractivity contribution < 1.29 is 19.0 Å². The molecule has 110 valence electrons. The van der Waals surface area contributed by atoms with Gasteiger partial charge >= 0.3 is 0 Å². The van der Waals surface area contributed by atoms with Crippen LogP contribution in [0.2, 0.25) is 0 Å². The van der Waals surface area contributed by atoms with Crippen LogP contribution < -0.4 is 10.0 Å². The molecule has 0 saturated carbocycles. The van der Waals surface area contributed by atoms with Gasteiger partial charge in [0.15, 0.2) is 6.35 Å². The summed E-state index contributed by atoms with van der Waals surface area (Å²) in [6.45, 7) is 1.51. The van der Waals surface area contributed by atoms with E-state index in [4.69, 9.17) is 4.74 Å². The number of hydrogen-bond acceptors (Lipinski definition) is 3. The lowest BCUT2D eigenvalue weighted by Crippen LogP contribution is -2.11. The van der Waals surface area contributed by atoms with Crippen molar-refractivity contribution in [3.63, 3.8) is 0 Å². The molecule has 0 aliphatic rings. The van der Waals surface area contributed by atoms with E-state index in [1.165, 1.54) is 6.92 Å². The maximum atomic E-state index is 12.3. The van der Waals surface area contributed by atoms with Gasteiger partial charge < -0.3 is 9.63 Å². The third-order valence-electron chi connectivity index (χ3n) is 2.94. The molecule has 2 rings (SSSR count). The molecular weight excluding hydrogens is 287 g/mol.